The van der Waals surface area contributed by atoms with E-state index >= 15 is 0 Å². The Morgan fingerprint density at radius 3 is 2.12 bits per heavy atom. The highest BCUT2D eigenvalue weighted by atomic mass is 19.4. The highest BCUT2D eigenvalue weighted by Gasteiger charge is 2.37. The standard InChI is InChI=1S/C9H17F3N2O2/c1-4-14(6-9(10,11)12)5-8(2,13-3)7(15)16/h13H,4-6H2,1-3H3,(H,15,16). The zero-order valence-electron chi connectivity index (χ0n) is 9.56. The van der Waals surface area contributed by atoms with Gasteiger partial charge >= 0.3 is 12.1 Å². The lowest BCUT2D eigenvalue weighted by Crippen LogP contribution is -2.56. The van der Waals surface area contributed by atoms with Crippen LogP contribution in [-0.2, 0) is 4.79 Å². The van der Waals surface area contributed by atoms with E-state index in [0.29, 0.717) is 0 Å². The maximum absolute atomic E-state index is 12.2. The number of aliphatic carboxylic acids is 1. The van der Waals surface area contributed by atoms with E-state index in [1.54, 1.807) is 6.92 Å². The van der Waals surface area contributed by atoms with Gasteiger partial charge in [-0.3, -0.25) is 9.69 Å². The molecule has 4 nitrogen and oxygen atoms in total. The van der Waals surface area contributed by atoms with E-state index in [9.17, 15) is 18.0 Å². The van der Waals surface area contributed by atoms with Gasteiger partial charge in [-0.15, -0.1) is 0 Å². The first kappa shape index (κ1) is 15.2. The van der Waals surface area contributed by atoms with Gasteiger partial charge in [0.2, 0.25) is 0 Å². The summed E-state index contributed by atoms with van der Waals surface area (Å²) in [5.74, 6) is -1.17. The average molecular weight is 242 g/mol. The van der Waals surface area contributed by atoms with Crippen LogP contribution in [0.1, 0.15) is 13.8 Å². The van der Waals surface area contributed by atoms with E-state index in [0.717, 1.165) is 4.90 Å². The Hall–Kier alpha value is -0.820. The normalized spacial score (nSPS) is 16.2. The summed E-state index contributed by atoms with van der Waals surface area (Å²) in [4.78, 5) is 11.9. The lowest BCUT2D eigenvalue weighted by atomic mass is 10.0. The van der Waals surface area contributed by atoms with Gasteiger partial charge in [-0.25, -0.2) is 0 Å². The van der Waals surface area contributed by atoms with Gasteiger partial charge in [0.15, 0.2) is 0 Å². The van der Waals surface area contributed by atoms with Gasteiger partial charge in [0.25, 0.3) is 0 Å². The number of hydrogen-bond acceptors (Lipinski definition) is 3. The Balaban J connectivity index is 4.58. The number of carboxylic acid groups (broad SMARTS) is 1. The molecule has 7 heteroatoms. The van der Waals surface area contributed by atoms with Gasteiger partial charge in [0.1, 0.15) is 5.54 Å². The van der Waals surface area contributed by atoms with Crippen LogP contribution in [0.15, 0.2) is 0 Å². The molecule has 0 aliphatic heterocycles. The molecule has 0 aromatic heterocycles. The zero-order valence-corrected chi connectivity index (χ0v) is 9.56. The summed E-state index contributed by atoms with van der Waals surface area (Å²) in [5.41, 5.74) is -1.37. The number of hydrogen-bond donors (Lipinski definition) is 2. The molecule has 0 aliphatic carbocycles. The predicted molar refractivity (Wildman–Crippen MR) is 53.3 cm³/mol. The molecule has 0 spiro atoms. The van der Waals surface area contributed by atoms with Crippen molar-refractivity contribution in [3.8, 4) is 0 Å². The number of nitrogens with zero attached hydrogens (tertiary/aromatic N) is 1. The molecule has 1 unspecified atom stereocenters. The molecule has 0 radical (unpaired) electrons. The van der Waals surface area contributed by atoms with E-state index in [1.165, 1.54) is 14.0 Å². The van der Waals surface area contributed by atoms with Gasteiger partial charge in [0, 0.05) is 6.54 Å². The van der Waals surface area contributed by atoms with Gasteiger partial charge in [-0.05, 0) is 20.5 Å². The fraction of sp³-hybridized carbons (Fsp3) is 0.889. The second kappa shape index (κ2) is 5.49. The summed E-state index contributed by atoms with van der Waals surface area (Å²) < 4.78 is 36.5. The molecule has 0 fully saturated rings. The molecule has 1 atom stereocenters. The highest BCUT2D eigenvalue weighted by Crippen LogP contribution is 2.18. The first-order valence-electron chi connectivity index (χ1n) is 4.86. The maximum atomic E-state index is 12.2. The van der Waals surface area contributed by atoms with Crippen LogP contribution < -0.4 is 5.32 Å². The first-order chi connectivity index (χ1) is 7.14. The molecular weight excluding hydrogens is 225 g/mol. The Kier molecular flexibility index (Phi) is 5.21. The Labute approximate surface area is 92.4 Å². The molecule has 2 N–H and O–H groups in total. The lowest BCUT2D eigenvalue weighted by molar-refractivity contribution is -0.155. The smallest absolute Gasteiger partial charge is 0.401 e. The van der Waals surface area contributed by atoms with Crippen LogP contribution in [-0.4, -0.2) is 54.4 Å². The van der Waals surface area contributed by atoms with E-state index in [1.807, 2.05) is 0 Å². The van der Waals surface area contributed by atoms with E-state index in [4.69, 9.17) is 5.11 Å². The molecule has 0 amide bonds. The molecule has 0 aromatic rings. The van der Waals surface area contributed by atoms with Crippen molar-refractivity contribution in [1.82, 2.24) is 10.2 Å². The Morgan fingerprint density at radius 2 is 1.88 bits per heavy atom. The molecule has 0 aromatic carbocycles. The summed E-state index contributed by atoms with van der Waals surface area (Å²) in [6.45, 7) is 1.75. The molecule has 0 saturated carbocycles. The van der Waals surface area contributed by atoms with Crippen molar-refractivity contribution in [1.29, 1.82) is 0 Å². The van der Waals surface area contributed by atoms with Gasteiger partial charge in [-0.1, -0.05) is 6.92 Å². The van der Waals surface area contributed by atoms with Crippen molar-refractivity contribution in [3.63, 3.8) is 0 Å². The number of likely N-dealkylation sites (N-methyl/N-ethyl adjacent to an activating group) is 2. The summed E-state index contributed by atoms with van der Waals surface area (Å²) >= 11 is 0. The largest absolute Gasteiger partial charge is 0.480 e. The second-order valence-corrected chi connectivity index (χ2v) is 3.81. The third kappa shape index (κ3) is 4.80. The zero-order chi connectivity index (χ0) is 13.0. The number of carbonyl (C=O) groups is 1. The van der Waals surface area contributed by atoms with Crippen LogP contribution in [0.25, 0.3) is 0 Å². The van der Waals surface area contributed by atoms with Gasteiger partial charge in [-0.2, -0.15) is 13.2 Å². The molecule has 16 heavy (non-hydrogen) atoms. The number of halogens is 3. The fourth-order valence-electron chi connectivity index (χ4n) is 1.23. The van der Waals surface area contributed by atoms with Crippen molar-refractivity contribution in [2.45, 2.75) is 25.6 Å². The van der Waals surface area contributed by atoms with Crippen LogP contribution in [0.4, 0.5) is 13.2 Å². The van der Waals surface area contributed by atoms with Crippen LogP contribution >= 0.6 is 0 Å². The Bertz CT molecular complexity index is 245. The Morgan fingerprint density at radius 1 is 1.38 bits per heavy atom. The summed E-state index contributed by atoms with van der Waals surface area (Å²) in [6.07, 6.45) is -4.32. The third-order valence-corrected chi connectivity index (χ3v) is 2.41. The minimum absolute atomic E-state index is 0.143. The highest BCUT2D eigenvalue weighted by molar-refractivity contribution is 5.78. The quantitative estimate of drug-likeness (QED) is 0.727. The van der Waals surface area contributed by atoms with Crippen molar-refractivity contribution >= 4 is 5.97 Å². The van der Waals surface area contributed by atoms with Gasteiger partial charge in [0.05, 0.1) is 6.54 Å². The van der Waals surface area contributed by atoms with Crippen molar-refractivity contribution in [2.75, 3.05) is 26.7 Å². The molecule has 0 aliphatic rings. The number of rotatable bonds is 6. The molecular formula is C9H17F3N2O2. The number of alkyl halides is 3. The number of carboxylic acids is 1. The maximum Gasteiger partial charge on any atom is 0.401 e. The van der Waals surface area contributed by atoms with Crippen LogP contribution in [0.2, 0.25) is 0 Å². The minimum atomic E-state index is -4.32. The number of nitrogens with one attached hydrogen (secondary N) is 1. The molecule has 96 valence electrons. The first-order valence-corrected chi connectivity index (χ1v) is 4.86. The molecule has 0 saturated heterocycles. The lowest BCUT2D eigenvalue weighted by Gasteiger charge is -2.31. The molecule has 0 bridgehead atoms. The average Bonchev–Trinajstić information content (AvgIpc) is 2.14. The monoisotopic (exact) mass is 242 g/mol. The van der Waals surface area contributed by atoms with Crippen LogP contribution in [0, 0.1) is 0 Å². The topological polar surface area (TPSA) is 52.6 Å². The minimum Gasteiger partial charge on any atom is -0.480 e. The molecule has 0 heterocycles. The van der Waals surface area contributed by atoms with Crippen molar-refractivity contribution in [3.05, 3.63) is 0 Å². The van der Waals surface area contributed by atoms with E-state index in [-0.39, 0.29) is 13.1 Å². The van der Waals surface area contributed by atoms with Crippen molar-refractivity contribution in [2.24, 2.45) is 0 Å². The second-order valence-electron chi connectivity index (χ2n) is 3.81. The third-order valence-electron chi connectivity index (χ3n) is 2.41. The van der Waals surface area contributed by atoms with Crippen LogP contribution in [0.5, 0.6) is 0 Å². The molecule has 0 rings (SSSR count). The SMILES string of the molecule is CCN(CC(F)(F)F)CC(C)(NC)C(=O)O. The predicted octanol–water partition coefficient (Wildman–Crippen LogP) is 0.933. The summed E-state index contributed by atoms with van der Waals surface area (Å²) in [5, 5.41) is 11.4. The van der Waals surface area contributed by atoms with Crippen molar-refractivity contribution < 1.29 is 23.1 Å². The summed E-state index contributed by atoms with van der Waals surface area (Å²) in [7, 11) is 1.41. The fourth-order valence-corrected chi connectivity index (χ4v) is 1.23. The summed E-state index contributed by atoms with van der Waals surface area (Å²) in [6, 6.07) is 0. The van der Waals surface area contributed by atoms with E-state index in [2.05, 4.69) is 5.32 Å². The van der Waals surface area contributed by atoms with Gasteiger partial charge < -0.3 is 10.4 Å². The van der Waals surface area contributed by atoms with E-state index < -0.39 is 24.2 Å². The van der Waals surface area contributed by atoms with Crippen LogP contribution in [0.3, 0.4) is 0 Å².